The van der Waals surface area contributed by atoms with Gasteiger partial charge in [0.15, 0.2) is 0 Å². The van der Waals surface area contributed by atoms with Crippen LogP contribution >= 0.6 is 11.3 Å². The molecule has 0 radical (unpaired) electrons. The summed E-state index contributed by atoms with van der Waals surface area (Å²) in [5.74, 6) is -0.824. The molecular formula is C12H9FO2S. The molecule has 0 amide bonds. The molecule has 1 aromatic heterocycles. The van der Waals surface area contributed by atoms with Gasteiger partial charge in [-0.1, -0.05) is 0 Å². The topological polar surface area (TPSA) is 26.3 Å². The van der Waals surface area contributed by atoms with Gasteiger partial charge in [-0.15, -0.1) is 0 Å². The molecule has 0 fully saturated rings. The van der Waals surface area contributed by atoms with Crippen molar-refractivity contribution in [1.82, 2.24) is 0 Å². The van der Waals surface area contributed by atoms with E-state index in [9.17, 15) is 9.18 Å². The SMILES string of the molecule is COC(=O)c1ccc(F)cc1-c1ccsc1. The Balaban J connectivity index is 2.57. The largest absolute Gasteiger partial charge is 0.465 e. The first-order valence-electron chi connectivity index (χ1n) is 4.63. The molecule has 4 heteroatoms. The number of carbonyl (C=O) groups is 1. The molecule has 0 bridgehead atoms. The fourth-order valence-corrected chi connectivity index (χ4v) is 2.12. The molecule has 0 atom stereocenters. The highest BCUT2D eigenvalue weighted by Gasteiger charge is 2.14. The standard InChI is InChI=1S/C12H9FO2S/c1-15-12(14)10-3-2-9(13)6-11(10)8-4-5-16-7-8/h2-7H,1H3. The van der Waals surface area contributed by atoms with E-state index in [4.69, 9.17) is 0 Å². The first-order chi connectivity index (χ1) is 7.72. The summed E-state index contributed by atoms with van der Waals surface area (Å²) in [7, 11) is 1.31. The Kier molecular flexibility index (Phi) is 3.01. The zero-order valence-corrected chi connectivity index (χ0v) is 9.38. The van der Waals surface area contributed by atoms with Crippen LogP contribution in [0.2, 0.25) is 0 Å². The summed E-state index contributed by atoms with van der Waals surface area (Å²) in [5.41, 5.74) is 1.76. The number of rotatable bonds is 2. The van der Waals surface area contributed by atoms with Crippen LogP contribution in [0.3, 0.4) is 0 Å². The first kappa shape index (κ1) is 10.8. The summed E-state index contributed by atoms with van der Waals surface area (Å²) < 4.78 is 17.8. The van der Waals surface area contributed by atoms with E-state index in [0.29, 0.717) is 11.1 Å². The van der Waals surface area contributed by atoms with Crippen molar-refractivity contribution in [2.24, 2.45) is 0 Å². The molecule has 0 unspecified atom stereocenters. The van der Waals surface area contributed by atoms with E-state index >= 15 is 0 Å². The van der Waals surface area contributed by atoms with Gasteiger partial charge in [0.05, 0.1) is 12.7 Å². The Morgan fingerprint density at radius 1 is 1.38 bits per heavy atom. The number of halogens is 1. The number of hydrogen-bond donors (Lipinski definition) is 0. The molecule has 0 aliphatic heterocycles. The highest BCUT2D eigenvalue weighted by atomic mass is 32.1. The molecule has 0 aliphatic carbocycles. The van der Waals surface area contributed by atoms with Gasteiger partial charge < -0.3 is 4.74 Å². The Morgan fingerprint density at radius 3 is 2.81 bits per heavy atom. The van der Waals surface area contributed by atoms with Crippen LogP contribution in [0.25, 0.3) is 11.1 Å². The Bertz CT molecular complexity index is 506. The van der Waals surface area contributed by atoms with E-state index in [2.05, 4.69) is 4.74 Å². The molecule has 82 valence electrons. The van der Waals surface area contributed by atoms with Gasteiger partial charge in [0.25, 0.3) is 0 Å². The first-order valence-corrected chi connectivity index (χ1v) is 5.57. The van der Waals surface area contributed by atoms with Gasteiger partial charge in [-0.05, 0) is 46.2 Å². The van der Waals surface area contributed by atoms with Crippen LogP contribution in [0.1, 0.15) is 10.4 Å². The Morgan fingerprint density at radius 2 is 2.19 bits per heavy atom. The summed E-state index contributed by atoms with van der Waals surface area (Å²) in [6, 6.07) is 5.87. The summed E-state index contributed by atoms with van der Waals surface area (Å²) in [4.78, 5) is 11.5. The monoisotopic (exact) mass is 236 g/mol. The number of carbonyl (C=O) groups excluding carboxylic acids is 1. The molecule has 2 aromatic rings. The van der Waals surface area contributed by atoms with Crippen molar-refractivity contribution in [1.29, 1.82) is 0 Å². The summed E-state index contributed by atoms with van der Waals surface area (Å²) in [5, 5.41) is 3.74. The number of methoxy groups -OCH3 is 1. The number of esters is 1. The molecule has 0 saturated carbocycles. The maximum absolute atomic E-state index is 13.2. The number of hydrogen-bond acceptors (Lipinski definition) is 3. The predicted molar refractivity (Wildman–Crippen MR) is 61.1 cm³/mol. The van der Waals surface area contributed by atoms with E-state index in [1.54, 1.807) is 0 Å². The molecule has 0 spiro atoms. The molecule has 0 aliphatic rings. The van der Waals surface area contributed by atoms with Gasteiger partial charge in [0.2, 0.25) is 0 Å². The maximum Gasteiger partial charge on any atom is 0.338 e. The average Bonchev–Trinajstić information content (AvgIpc) is 2.81. The number of benzene rings is 1. The van der Waals surface area contributed by atoms with Gasteiger partial charge in [0, 0.05) is 0 Å². The van der Waals surface area contributed by atoms with Crippen molar-refractivity contribution < 1.29 is 13.9 Å². The summed E-state index contributed by atoms with van der Waals surface area (Å²) in [6.07, 6.45) is 0. The molecule has 0 saturated heterocycles. The highest BCUT2D eigenvalue weighted by Crippen LogP contribution is 2.27. The minimum atomic E-state index is -0.457. The third-order valence-electron chi connectivity index (χ3n) is 2.22. The molecule has 1 aromatic carbocycles. The van der Waals surface area contributed by atoms with Crippen molar-refractivity contribution in [3.8, 4) is 11.1 Å². The van der Waals surface area contributed by atoms with Crippen LogP contribution in [0.5, 0.6) is 0 Å². The van der Waals surface area contributed by atoms with E-state index in [1.165, 1.54) is 36.6 Å². The fraction of sp³-hybridized carbons (Fsp3) is 0.0833. The molecular weight excluding hydrogens is 227 g/mol. The number of thiophene rings is 1. The van der Waals surface area contributed by atoms with Gasteiger partial charge in [0.1, 0.15) is 5.82 Å². The Hall–Kier alpha value is -1.68. The smallest absolute Gasteiger partial charge is 0.338 e. The van der Waals surface area contributed by atoms with E-state index in [-0.39, 0.29) is 5.82 Å². The second kappa shape index (κ2) is 4.45. The lowest BCUT2D eigenvalue weighted by Gasteiger charge is -2.06. The van der Waals surface area contributed by atoms with Gasteiger partial charge >= 0.3 is 5.97 Å². The molecule has 0 N–H and O–H groups in total. The van der Waals surface area contributed by atoms with Gasteiger partial charge in [-0.3, -0.25) is 0 Å². The van der Waals surface area contributed by atoms with E-state index in [0.717, 1.165) is 5.56 Å². The van der Waals surface area contributed by atoms with Crippen molar-refractivity contribution in [3.63, 3.8) is 0 Å². The van der Waals surface area contributed by atoms with Crippen molar-refractivity contribution in [2.75, 3.05) is 7.11 Å². The van der Waals surface area contributed by atoms with Crippen LogP contribution in [0, 0.1) is 5.82 Å². The lowest BCUT2D eigenvalue weighted by molar-refractivity contribution is 0.0601. The highest BCUT2D eigenvalue weighted by molar-refractivity contribution is 7.08. The lowest BCUT2D eigenvalue weighted by Crippen LogP contribution is -2.03. The quantitative estimate of drug-likeness (QED) is 0.747. The van der Waals surface area contributed by atoms with E-state index in [1.807, 2.05) is 16.8 Å². The van der Waals surface area contributed by atoms with Crippen LogP contribution in [-0.2, 0) is 4.74 Å². The third-order valence-corrected chi connectivity index (χ3v) is 2.90. The average molecular weight is 236 g/mol. The lowest BCUT2D eigenvalue weighted by atomic mass is 10.0. The molecule has 2 nitrogen and oxygen atoms in total. The van der Waals surface area contributed by atoms with Crippen molar-refractivity contribution >= 4 is 17.3 Å². The van der Waals surface area contributed by atoms with Crippen molar-refractivity contribution in [2.45, 2.75) is 0 Å². The summed E-state index contributed by atoms with van der Waals surface area (Å²) in [6.45, 7) is 0. The maximum atomic E-state index is 13.2. The second-order valence-electron chi connectivity index (χ2n) is 3.19. The zero-order valence-electron chi connectivity index (χ0n) is 8.57. The minimum Gasteiger partial charge on any atom is -0.465 e. The second-order valence-corrected chi connectivity index (χ2v) is 3.97. The minimum absolute atomic E-state index is 0.367. The zero-order chi connectivity index (χ0) is 11.5. The van der Waals surface area contributed by atoms with Crippen LogP contribution < -0.4 is 0 Å². The van der Waals surface area contributed by atoms with Crippen molar-refractivity contribution in [3.05, 3.63) is 46.4 Å². The van der Waals surface area contributed by atoms with E-state index < -0.39 is 5.97 Å². The Labute approximate surface area is 96.3 Å². The molecule has 16 heavy (non-hydrogen) atoms. The van der Waals surface area contributed by atoms with Crippen LogP contribution in [-0.4, -0.2) is 13.1 Å². The van der Waals surface area contributed by atoms with Gasteiger partial charge in [-0.25, -0.2) is 9.18 Å². The number of ether oxygens (including phenoxy) is 1. The third kappa shape index (κ3) is 1.97. The summed E-state index contributed by atoms with van der Waals surface area (Å²) >= 11 is 1.49. The van der Waals surface area contributed by atoms with Gasteiger partial charge in [-0.2, -0.15) is 11.3 Å². The molecule has 1 heterocycles. The predicted octanol–water partition coefficient (Wildman–Crippen LogP) is 3.34. The normalized spacial score (nSPS) is 10.1. The molecule has 2 rings (SSSR count). The fourth-order valence-electron chi connectivity index (χ4n) is 1.46. The van der Waals surface area contributed by atoms with Crippen LogP contribution in [0.4, 0.5) is 4.39 Å². The van der Waals surface area contributed by atoms with Crippen LogP contribution in [0.15, 0.2) is 35.0 Å².